The lowest BCUT2D eigenvalue weighted by Gasteiger charge is -2.22. The summed E-state index contributed by atoms with van der Waals surface area (Å²) in [6, 6.07) is 8.03. The van der Waals surface area contributed by atoms with Gasteiger partial charge in [0.05, 0.1) is 0 Å². The molecule has 1 aromatic carbocycles. The number of hydrogen-bond acceptors (Lipinski definition) is 1. The first kappa shape index (κ1) is 12.1. The number of benzene rings is 1. The van der Waals surface area contributed by atoms with Crippen molar-refractivity contribution in [2.24, 2.45) is 0 Å². The molecule has 0 saturated carbocycles. The van der Waals surface area contributed by atoms with Gasteiger partial charge in [0.1, 0.15) is 0 Å². The van der Waals surface area contributed by atoms with Crippen molar-refractivity contribution in [3.63, 3.8) is 0 Å². The van der Waals surface area contributed by atoms with E-state index in [1.165, 1.54) is 0 Å². The molecular weight excluding hydrogens is 215 g/mol. The highest BCUT2D eigenvalue weighted by Crippen LogP contribution is 2.20. The summed E-state index contributed by atoms with van der Waals surface area (Å²) in [5.41, 5.74) is 2.13. The van der Waals surface area contributed by atoms with Crippen molar-refractivity contribution < 1.29 is 4.39 Å². The van der Waals surface area contributed by atoms with Crippen molar-refractivity contribution in [2.45, 2.75) is 26.6 Å². The smallest absolute Gasteiger partial charge is 0.157 e. The summed E-state index contributed by atoms with van der Waals surface area (Å²) in [7, 11) is 0. The molecular formula is C14H19FN2. The summed E-state index contributed by atoms with van der Waals surface area (Å²) in [6.07, 6.45) is 1.47. The number of fused-ring (bicyclic) bond motifs is 1. The van der Waals surface area contributed by atoms with Crippen LogP contribution in [0.4, 0.5) is 4.39 Å². The maximum absolute atomic E-state index is 14.1. The first-order valence-corrected chi connectivity index (χ1v) is 6.19. The summed E-state index contributed by atoms with van der Waals surface area (Å²) in [4.78, 5) is 5.02. The number of aromatic amines is 1. The van der Waals surface area contributed by atoms with E-state index < -0.39 is 6.30 Å². The Labute approximate surface area is 101 Å². The standard InChI is InChI=1S/C14H19FN2/c1-3-17(4-2)14(15)9-11-10-16-13-8-6-5-7-12(11)13/h5-8,10,14,16H,3-4,9H2,1-2H3. The molecule has 0 aliphatic heterocycles. The van der Waals surface area contributed by atoms with Crippen LogP contribution >= 0.6 is 0 Å². The van der Waals surface area contributed by atoms with Gasteiger partial charge < -0.3 is 4.98 Å². The third kappa shape index (κ3) is 2.50. The van der Waals surface area contributed by atoms with Gasteiger partial charge in [0, 0.05) is 23.5 Å². The van der Waals surface area contributed by atoms with Gasteiger partial charge in [-0.3, -0.25) is 4.90 Å². The van der Waals surface area contributed by atoms with Crippen LogP contribution in [0.2, 0.25) is 0 Å². The van der Waals surface area contributed by atoms with Crippen molar-refractivity contribution in [3.05, 3.63) is 36.0 Å². The first-order chi connectivity index (χ1) is 8.26. The molecule has 0 saturated heterocycles. The average molecular weight is 234 g/mol. The second-order valence-electron chi connectivity index (χ2n) is 4.22. The molecule has 1 heterocycles. The van der Waals surface area contributed by atoms with E-state index >= 15 is 0 Å². The monoisotopic (exact) mass is 234 g/mol. The predicted octanol–water partition coefficient (Wildman–Crippen LogP) is 3.35. The molecule has 1 unspecified atom stereocenters. The van der Waals surface area contributed by atoms with Crippen LogP contribution in [0.25, 0.3) is 10.9 Å². The summed E-state index contributed by atoms with van der Waals surface area (Å²) in [5, 5.41) is 1.13. The topological polar surface area (TPSA) is 19.0 Å². The van der Waals surface area contributed by atoms with E-state index in [9.17, 15) is 4.39 Å². The molecule has 92 valence electrons. The number of H-pyrrole nitrogens is 1. The Morgan fingerprint density at radius 2 is 1.94 bits per heavy atom. The van der Waals surface area contributed by atoms with Gasteiger partial charge in [-0.25, -0.2) is 4.39 Å². The van der Waals surface area contributed by atoms with Crippen LogP contribution in [0.15, 0.2) is 30.5 Å². The van der Waals surface area contributed by atoms with E-state index in [1.54, 1.807) is 0 Å². The van der Waals surface area contributed by atoms with Crippen LogP contribution in [0, 0.1) is 0 Å². The molecule has 1 aromatic heterocycles. The number of hydrogen-bond donors (Lipinski definition) is 1. The van der Waals surface area contributed by atoms with Crippen molar-refractivity contribution in [3.8, 4) is 0 Å². The molecule has 3 heteroatoms. The van der Waals surface area contributed by atoms with Crippen molar-refractivity contribution in [2.75, 3.05) is 13.1 Å². The lowest BCUT2D eigenvalue weighted by Crippen LogP contribution is -2.33. The lowest BCUT2D eigenvalue weighted by molar-refractivity contribution is 0.0939. The third-order valence-electron chi connectivity index (χ3n) is 3.27. The maximum Gasteiger partial charge on any atom is 0.157 e. The average Bonchev–Trinajstić information content (AvgIpc) is 2.74. The minimum atomic E-state index is -0.899. The molecule has 0 bridgehead atoms. The van der Waals surface area contributed by atoms with Gasteiger partial charge in [0.15, 0.2) is 6.30 Å². The second-order valence-corrected chi connectivity index (χ2v) is 4.22. The highest BCUT2D eigenvalue weighted by molar-refractivity contribution is 5.83. The molecule has 0 aliphatic rings. The van der Waals surface area contributed by atoms with Crippen LogP contribution in [0.5, 0.6) is 0 Å². The number of likely N-dealkylation sites (N-methyl/N-ethyl adjacent to an activating group) is 1. The number of rotatable bonds is 5. The number of para-hydroxylation sites is 1. The van der Waals surface area contributed by atoms with Gasteiger partial charge in [-0.2, -0.15) is 0 Å². The largest absolute Gasteiger partial charge is 0.361 e. The third-order valence-corrected chi connectivity index (χ3v) is 3.27. The summed E-state index contributed by atoms with van der Waals surface area (Å²) in [6.45, 7) is 5.48. The Morgan fingerprint density at radius 3 is 2.65 bits per heavy atom. The minimum Gasteiger partial charge on any atom is -0.361 e. The molecule has 0 spiro atoms. The van der Waals surface area contributed by atoms with Crippen LogP contribution in [-0.2, 0) is 6.42 Å². The fourth-order valence-corrected chi connectivity index (χ4v) is 2.23. The van der Waals surface area contributed by atoms with Gasteiger partial charge in [0.25, 0.3) is 0 Å². The summed E-state index contributed by atoms with van der Waals surface area (Å²) < 4.78 is 14.1. The molecule has 2 nitrogen and oxygen atoms in total. The number of alkyl halides is 1. The molecule has 0 radical (unpaired) electrons. The molecule has 0 amide bonds. The number of nitrogens with zero attached hydrogens (tertiary/aromatic N) is 1. The molecule has 1 atom stereocenters. The quantitative estimate of drug-likeness (QED) is 0.786. The summed E-state index contributed by atoms with van der Waals surface area (Å²) in [5.74, 6) is 0. The van der Waals surface area contributed by atoms with Gasteiger partial charge >= 0.3 is 0 Å². The Bertz CT molecular complexity index is 474. The highest BCUT2D eigenvalue weighted by atomic mass is 19.1. The van der Waals surface area contributed by atoms with E-state index in [0.29, 0.717) is 6.42 Å². The minimum absolute atomic E-state index is 0.450. The maximum atomic E-state index is 14.1. The van der Waals surface area contributed by atoms with E-state index in [1.807, 2.05) is 49.2 Å². The van der Waals surface area contributed by atoms with E-state index in [2.05, 4.69) is 4.98 Å². The second kappa shape index (κ2) is 5.32. The van der Waals surface area contributed by atoms with Gasteiger partial charge in [0.2, 0.25) is 0 Å². The van der Waals surface area contributed by atoms with Gasteiger partial charge in [-0.15, -0.1) is 0 Å². The zero-order chi connectivity index (χ0) is 12.3. The van der Waals surface area contributed by atoms with E-state index in [4.69, 9.17) is 0 Å². The van der Waals surface area contributed by atoms with E-state index in [-0.39, 0.29) is 0 Å². The Hall–Kier alpha value is -1.35. The van der Waals surface area contributed by atoms with Crippen LogP contribution < -0.4 is 0 Å². The predicted molar refractivity (Wildman–Crippen MR) is 69.8 cm³/mol. The van der Waals surface area contributed by atoms with Crippen LogP contribution in [0.1, 0.15) is 19.4 Å². The van der Waals surface area contributed by atoms with Crippen molar-refractivity contribution in [1.82, 2.24) is 9.88 Å². The molecule has 2 rings (SSSR count). The zero-order valence-electron chi connectivity index (χ0n) is 10.4. The zero-order valence-corrected chi connectivity index (χ0v) is 10.4. The Balaban J connectivity index is 2.18. The van der Waals surface area contributed by atoms with Gasteiger partial charge in [-0.05, 0) is 24.7 Å². The Morgan fingerprint density at radius 1 is 1.24 bits per heavy atom. The van der Waals surface area contributed by atoms with Crippen LogP contribution in [0.3, 0.4) is 0 Å². The summed E-state index contributed by atoms with van der Waals surface area (Å²) >= 11 is 0. The fraction of sp³-hybridized carbons (Fsp3) is 0.429. The Kier molecular flexibility index (Phi) is 3.79. The van der Waals surface area contributed by atoms with Gasteiger partial charge in [-0.1, -0.05) is 32.0 Å². The van der Waals surface area contributed by atoms with Crippen LogP contribution in [-0.4, -0.2) is 29.3 Å². The van der Waals surface area contributed by atoms with Crippen molar-refractivity contribution in [1.29, 1.82) is 0 Å². The number of nitrogens with one attached hydrogen (secondary N) is 1. The normalized spacial score (nSPS) is 13.4. The van der Waals surface area contributed by atoms with Crippen molar-refractivity contribution >= 4 is 10.9 Å². The fourth-order valence-electron chi connectivity index (χ4n) is 2.23. The molecule has 0 fully saturated rings. The van der Waals surface area contributed by atoms with E-state index in [0.717, 1.165) is 29.6 Å². The molecule has 0 aliphatic carbocycles. The first-order valence-electron chi connectivity index (χ1n) is 6.19. The lowest BCUT2D eigenvalue weighted by atomic mass is 10.1. The SMILES string of the molecule is CCN(CC)C(F)Cc1c[nH]c2ccccc12. The highest BCUT2D eigenvalue weighted by Gasteiger charge is 2.16. The molecule has 2 aromatic rings. The number of aromatic nitrogens is 1. The number of halogens is 1. The molecule has 1 N–H and O–H groups in total. The molecule has 17 heavy (non-hydrogen) atoms.